The summed E-state index contributed by atoms with van der Waals surface area (Å²) in [6, 6.07) is 0. The molecule has 2 aliphatic heterocycles. The molecule has 0 bridgehead atoms. The molecule has 0 aromatic heterocycles. The maximum absolute atomic E-state index is 12.0. The van der Waals surface area contributed by atoms with Gasteiger partial charge in [-0.15, -0.1) is 11.8 Å². The van der Waals surface area contributed by atoms with Crippen molar-refractivity contribution in [2.45, 2.75) is 6.42 Å². The van der Waals surface area contributed by atoms with Gasteiger partial charge in [-0.3, -0.25) is 14.4 Å². The number of nitrogens with zero attached hydrogens (tertiary/aromatic N) is 2. The highest BCUT2D eigenvalue weighted by Crippen LogP contribution is 2.08. The minimum Gasteiger partial charge on any atom is -0.378 e. The van der Waals surface area contributed by atoms with Crippen molar-refractivity contribution in [2.24, 2.45) is 0 Å². The fraction of sp³-hybridized carbons (Fsp3) is 0.769. The summed E-state index contributed by atoms with van der Waals surface area (Å²) in [6.07, 6.45) is 0.350. The molecule has 2 aliphatic rings. The molecule has 2 fully saturated rings. The van der Waals surface area contributed by atoms with Crippen molar-refractivity contribution in [3.63, 3.8) is 0 Å². The van der Waals surface area contributed by atoms with Crippen LogP contribution in [0.3, 0.4) is 0 Å². The normalized spacial score (nSPS) is 19.9. The molecular formula is C13H21N3O4S. The van der Waals surface area contributed by atoms with E-state index in [2.05, 4.69) is 5.32 Å². The summed E-state index contributed by atoms with van der Waals surface area (Å²) in [6.45, 7) is 3.95. The third kappa shape index (κ3) is 5.20. The number of hydrogen-bond acceptors (Lipinski definition) is 5. The fourth-order valence-electron chi connectivity index (χ4n) is 2.24. The Bertz CT molecular complexity index is 399. The lowest BCUT2D eigenvalue weighted by atomic mass is 10.4. The minimum atomic E-state index is -0.0135. The van der Waals surface area contributed by atoms with E-state index in [0.717, 1.165) is 0 Å². The van der Waals surface area contributed by atoms with Gasteiger partial charge in [-0.2, -0.15) is 0 Å². The third-order valence-electron chi connectivity index (χ3n) is 3.48. The standard InChI is InChI=1S/C13H21N3O4S/c17-11-1-3-15(4-2-14-11)12(18)9-21-10-13(19)16-5-7-20-8-6-16/h1-10H2,(H,14,17). The zero-order valence-electron chi connectivity index (χ0n) is 12.0. The molecule has 7 nitrogen and oxygen atoms in total. The average Bonchev–Trinajstić information content (AvgIpc) is 2.72. The highest BCUT2D eigenvalue weighted by molar-refractivity contribution is 8.00. The Morgan fingerprint density at radius 2 is 1.67 bits per heavy atom. The van der Waals surface area contributed by atoms with Crippen LogP contribution in [-0.2, 0) is 19.1 Å². The number of morpholine rings is 1. The summed E-state index contributed by atoms with van der Waals surface area (Å²) in [5.41, 5.74) is 0. The number of ether oxygens (including phenoxy) is 1. The highest BCUT2D eigenvalue weighted by atomic mass is 32.2. The van der Waals surface area contributed by atoms with Crippen LogP contribution in [-0.4, -0.2) is 85.0 Å². The molecule has 2 saturated heterocycles. The Morgan fingerprint density at radius 3 is 2.33 bits per heavy atom. The van der Waals surface area contributed by atoms with E-state index in [4.69, 9.17) is 4.74 Å². The zero-order valence-corrected chi connectivity index (χ0v) is 12.8. The van der Waals surface area contributed by atoms with E-state index in [1.54, 1.807) is 9.80 Å². The van der Waals surface area contributed by atoms with E-state index in [0.29, 0.717) is 58.1 Å². The maximum Gasteiger partial charge on any atom is 0.232 e. The largest absolute Gasteiger partial charge is 0.378 e. The number of rotatable bonds is 4. The summed E-state index contributed by atoms with van der Waals surface area (Å²) in [5, 5.41) is 2.73. The Labute approximate surface area is 128 Å². The quantitative estimate of drug-likeness (QED) is 0.714. The van der Waals surface area contributed by atoms with Crippen LogP contribution in [0.5, 0.6) is 0 Å². The van der Waals surface area contributed by atoms with Crippen molar-refractivity contribution in [3.8, 4) is 0 Å². The predicted octanol–water partition coefficient (Wildman–Crippen LogP) is -1.07. The molecule has 0 unspecified atom stereocenters. The monoisotopic (exact) mass is 315 g/mol. The molecule has 0 aromatic rings. The second-order valence-electron chi connectivity index (χ2n) is 4.97. The van der Waals surface area contributed by atoms with Crippen LogP contribution in [0.25, 0.3) is 0 Å². The molecule has 0 aromatic carbocycles. The van der Waals surface area contributed by atoms with Gasteiger partial charge < -0.3 is 19.9 Å². The molecule has 3 amide bonds. The number of thioether (sulfide) groups is 1. The van der Waals surface area contributed by atoms with Crippen LogP contribution in [0, 0.1) is 0 Å². The second kappa shape index (κ2) is 8.23. The molecule has 8 heteroatoms. The molecule has 0 atom stereocenters. The Hall–Kier alpha value is -1.28. The lowest BCUT2D eigenvalue weighted by molar-refractivity contribution is -0.132. The van der Waals surface area contributed by atoms with Gasteiger partial charge in [-0.05, 0) is 0 Å². The Balaban J connectivity index is 1.66. The highest BCUT2D eigenvalue weighted by Gasteiger charge is 2.20. The first-order valence-corrected chi connectivity index (χ1v) is 8.30. The van der Waals surface area contributed by atoms with Gasteiger partial charge in [-0.25, -0.2) is 0 Å². The third-order valence-corrected chi connectivity index (χ3v) is 4.38. The first-order valence-electron chi connectivity index (χ1n) is 7.14. The van der Waals surface area contributed by atoms with Gasteiger partial charge in [0.1, 0.15) is 0 Å². The van der Waals surface area contributed by atoms with E-state index in [-0.39, 0.29) is 23.5 Å². The number of amides is 3. The van der Waals surface area contributed by atoms with Crippen LogP contribution in [0.4, 0.5) is 0 Å². The van der Waals surface area contributed by atoms with Crippen molar-refractivity contribution < 1.29 is 19.1 Å². The van der Waals surface area contributed by atoms with Crippen molar-refractivity contribution in [3.05, 3.63) is 0 Å². The minimum absolute atomic E-state index is 0.00808. The number of carbonyl (C=O) groups excluding carboxylic acids is 3. The van der Waals surface area contributed by atoms with Crippen LogP contribution < -0.4 is 5.32 Å². The first-order chi connectivity index (χ1) is 10.2. The van der Waals surface area contributed by atoms with Gasteiger partial charge in [0, 0.05) is 39.1 Å². The van der Waals surface area contributed by atoms with Gasteiger partial charge in [-0.1, -0.05) is 0 Å². The maximum atomic E-state index is 12.0. The van der Waals surface area contributed by atoms with Gasteiger partial charge >= 0.3 is 0 Å². The number of hydrogen-bond donors (Lipinski definition) is 1. The van der Waals surface area contributed by atoms with Gasteiger partial charge in [0.2, 0.25) is 17.7 Å². The van der Waals surface area contributed by atoms with E-state index in [1.807, 2.05) is 0 Å². The Morgan fingerprint density at radius 1 is 1.05 bits per heavy atom. The average molecular weight is 315 g/mol. The second-order valence-corrected chi connectivity index (χ2v) is 5.95. The van der Waals surface area contributed by atoms with Crippen molar-refractivity contribution >= 4 is 29.5 Å². The summed E-state index contributed by atoms with van der Waals surface area (Å²) < 4.78 is 5.20. The summed E-state index contributed by atoms with van der Waals surface area (Å²) in [5.74, 6) is 0.636. The molecule has 0 radical (unpaired) electrons. The Kier molecular flexibility index (Phi) is 6.31. The lowest BCUT2D eigenvalue weighted by Crippen LogP contribution is -2.42. The summed E-state index contributed by atoms with van der Waals surface area (Å²) in [4.78, 5) is 38.6. The van der Waals surface area contributed by atoms with Gasteiger partial charge in [0.05, 0.1) is 24.7 Å². The fourth-order valence-corrected chi connectivity index (χ4v) is 3.05. The van der Waals surface area contributed by atoms with E-state index < -0.39 is 0 Å². The lowest BCUT2D eigenvalue weighted by Gasteiger charge is -2.26. The molecule has 21 heavy (non-hydrogen) atoms. The number of nitrogens with one attached hydrogen (secondary N) is 1. The molecule has 2 rings (SSSR count). The summed E-state index contributed by atoms with van der Waals surface area (Å²) in [7, 11) is 0. The van der Waals surface area contributed by atoms with E-state index >= 15 is 0 Å². The van der Waals surface area contributed by atoms with E-state index in [9.17, 15) is 14.4 Å². The molecule has 0 aliphatic carbocycles. The molecule has 118 valence electrons. The molecule has 0 saturated carbocycles. The van der Waals surface area contributed by atoms with Gasteiger partial charge in [0.25, 0.3) is 0 Å². The first kappa shape index (κ1) is 16.1. The van der Waals surface area contributed by atoms with Crippen molar-refractivity contribution in [2.75, 3.05) is 57.4 Å². The smallest absolute Gasteiger partial charge is 0.232 e. The van der Waals surface area contributed by atoms with Crippen molar-refractivity contribution in [1.29, 1.82) is 0 Å². The predicted molar refractivity (Wildman–Crippen MR) is 78.9 cm³/mol. The van der Waals surface area contributed by atoms with Crippen LogP contribution in [0.2, 0.25) is 0 Å². The molecule has 0 spiro atoms. The van der Waals surface area contributed by atoms with Crippen LogP contribution >= 0.6 is 11.8 Å². The van der Waals surface area contributed by atoms with Crippen molar-refractivity contribution in [1.82, 2.24) is 15.1 Å². The number of carbonyl (C=O) groups is 3. The molecular weight excluding hydrogens is 294 g/mol. The van der Waals surface area contributed by atoms with Crippen LogP contribution in [0.1, 0.15) is 6.42 Å². The van der Waals surface area contributed by atoms with E-state index in [1.165, 1.54) is 11.8 Å². The van der Waals surface area contributed by atoms with Crippen LogP contribution in [0.15, 0.2) is 0 Å². The summed E-state index contributed by atoms with van der Waals surface area (Å²) >= 11 is 1.34. The molecule has 1 N–H and O–H groups in total. The van der Waals surface area contributed by atoms with Gasteiger partial charge in [0.15, 0.2) is 0 Å². The zero-order chi connectivity index (χ0) is 15.1. The topological polar surface area (TPSA) is 79.0 Å². The molecule has 2 heterocycles. The SMILES string of the molecule is O=C1CCN(C(=O)CSCC(=O)N2CCOCC2)CCN1.